The van der Waals surface area contributed by atoms with Gasteiger partial charge in [0.25, 0.3) is 0 Å². The molecular weight excluding hydrogens is 564 g/mol. The average Bonchev–Trinajstić information content (AvgIpc) is 3.41. The van der Waals surface area contributed by atoms with Gasteiger partial charge in [-0.05, 0) is 104 Å². The Labute approximate surface area is 268 Å². The second kappa shape index (κ2) is 13.0. The largest absolute Gasteiger partial charge is 0.458 e. The highest BCUT2D eigenvalue weighted by Gasteiger charge is 2.67. The first kappa shape index (κ1) is 32.0. The molecule has 242 valence electrons. The van der Waals surface area contributed by atoms with E-state index < -0.39 is 0 Å². The molecule has 0 bridgehead atoms. The van der Waals surface area contributed by atoms with Gasteiger partial charge in [-0.3, -0.25) is 4.79 Å². The predicted molar refractivity (Wildman–Crippen MR) is 173 cm³/mol. The van der Waals surface area contributed by atoms with Crippen LogP contribution in [0.25, 0.3) is 0 Å². The highest BCUT2D eigenvalue weighted by Crippen LogP contribution is 2.69. The summed E-state index contributed by atoms with van der Waals surface area (Å²) >= 11 is 0. The van der Waals surface area contributed by atoms with Crippen LogP contribution in [0.1, 0.15) is 99.3 Å². The first-order valence-corrected chi connectivity index (χ1v) is 17.2. The molecule has 4 aliphatic rings. The Balaban J connectivity index is 1.39. The fourth-order valence-electron chi connectivity index (χ4n) is 10.5. The maximum absolute atomic E-state index is 13.7. The molecule has 0 N–H and O–H groups in total. The second-order valence-electron chi connectivity index (χ2n) is 14.9. The molecular formula is C39H50O6. The van der Waals surface area contributed by atoms with E-state index in [0.717, 1.165) is 51.6 Å². The molecule has 0 amide bonds. The van der Waals surface area contributed by atoms with Gasteiger partial charge in [0.2, 0.25) is 0 Å². The van der Waals surface area contributed by atoms with Gasteiger partial charge in [-0.15, -0.1) is 0 Å². The predicted octanol–water partition coefficient (Wildman–Crippen LogP) is 7.95. The van der Waals surface area contributed by atoms with Gasteiger partial charge in [0.1, 0.15) is 18.0 Å². The van der Waals surface area contributed by atoms with Crippen LogP contribution in [0, 0.1) is 46.3 Å². The maximum atomic E-state index is 13.7. The van der Waals surface area contributed by atoms with Gasteiger partial charge in [-0.25, -0.2) is 9.59 Å². The number of carbonyl (C=O) groups excluding carboxylic acids is 3. The Bertz CT molecular complexity index is 1360. The number of rotatable bonds is 9. The molecule has 2 aromatic carbocycles. The molecule has 0 spiro atoms. The molecule has 0 aliphatic heterocycles. The van der Waals surface area contributed by atoms with Gasteiger partial charge in [-0.2, -0.15) is 0 Å². The lowest BCUT2D eigenvalue weighted by Crippen LogP contribution is -2.63. The highest BCUT2D eigenvalue weighted by atomic mass is 16.5. The number of Topliss-reactive ketones (excluding diaryl/α,β-unsaturated/α-hetero) is 1. The molecule has 6 nitrogen and oxygen atoms in total. The van der Waals surface area contributed by atoms with Crippen LogP contribution in [0.2, 0.25) is 0 Å². The second-order valence-corrected chi connectivity index (χ2v) is 14.9. The molecule has 0 aromatic heterocycles. The van der Waals surface area contributed by atoms with Gasteiger partial charge in [0, 0.05) is 37.9 Å². The molecule has 0 radical (unpaired) electrons. The smallest absolute Gasteiger partial charge is 0.338 e. The summed E-state index contributed by atoms with van der Waals surface area (Å²) in [7, 11) is 1.75. The Morgan fingerprint density at radius 3 is 2.18 bits per heavy atom. The van der Waals surface area contributed by atoms with Crippen molar-refractivity contribution >= 4 is 17.7 Å². The molecule has 4 saturated carbocycles. The SMILES string of the molecule is COCCCC(C)C1CCC2C3C(OC(=O)c4ccccc4)C[C@@H]4CC(=O)CC[C@]4(C)C3C[C@H](OC(=O)c3ccccc3)[C@]12C. The van der Waals surface area contributed by atoms with Crippen molar-refractivity contribution in [3.63, 3.8) is 0 Å². The Kier molecular flexibility index (Phi) is 9.25. The first-order chi connectivity index (χ1) is 21.7. The van der Waals surface area contributed by atoms with Crippen molar-refractivity contribution in [2.24, 2.45) is 46.3 Å². The van der Waals surface area contributed by atoms with E-state index in [1.807, 2.05) is 60.7 Å². The Morgan fingerprint density at radius 1 is 0.889 bits per heavy atom. The standard InChI is InChI=1S/C39H50O6/c1-25(12-11-21-43-4)30-17-18-31-35-32(24-34(39(30,31)3)45-37(42)27-15-9-6-10-16-27)38(2)20-19-29(40)22-28(38)23-33(35)44-36(41)26-13-7-5-8-14-26/h5-10,13-16,25,28,30-35H,11-12,17-24H2,1-4H3/t25?,28-,30?,31?,32?,33?,34-,35?,38-,39+/m0/s1. The summed E-state index contributed by atoms with van der Waals surface area (Å²) in [5.74, 6) is 1.30. The molecule has 10 atom stereocenters. The normalized spacial score (nSPS) is 36.3. The van der Waals surface area contributed by atoms with Crippen molar-refractivity contribution in [1.29, 1.82) is 0 Å². The molecule has 6 unspecified atom stereocenters. The highest BCUT2D eigenvalue weighted by molar-refractivity contribution is 5.90. The van der Waals surface area contributed by atoms with E-state index in [-0.39, 0.29) is 58.6 Å². The van der Waals surface area contributed by atoms with Crippen LogP contribution in [-0.4, -0.2) is 43.6 Å². The summed E-state index contributed by atoms with van der Waals surface area (Å²) in [5, 5.41) is 0. The molecule has 6 heteroatoms. The number of methoxy groups -OCH3 is 1. The van der Waals surface area contributed by atoms with Gasteiger partial charge in [0.15, 0.2) is 0 Å². The third kappa shape index (κ3) is 5.88. The fraction of sp³-hybridized carbons (Fsp3) is 0.615. The quantitative estimate of drug-likeness (QED) is 0.211. The molecule has 2 aromatic rings. The van der Waals surface area contributed by atoms with Crippen LogP contribution in [0.4, 0.5) is 0 Å². The van der Waals surface area contributed by atoms with Crippen molar-refractivity contribution in [1.82, 2.24) is 0 Å². The molecule has 0 saturated heterocycles. The van der Waals surface area contributed by atoms with Crippen LogP contribution in [0.5, 0.6) is 0 Å². The molecule has 0 heterocycles. The summed E-state index contributed by atoms with van der Waals surface area (Å²) in [6, 6.07) is 18.6. The van der Waals surface area contributed by atoms with E-state index in [9.17, 15) is 14.4 Å². The van der Waals surface area contributed by atoms with E-state index in [2.05, 4.69) is 20.8 Å². The number of esters is 2. The topological polar surface area (TPSA) is 78.9 Å². The van der Waals surface area contributed by atoms with E-state index in [0.29, 0.717) is 41.6 Å². The maximum Gasteiger partial charge on any atom is 0.338 e. The lowest BCUT2D eigenvalue weighted by Gasteiger charge is -2.63. The molecule has 4 aliphatic carbocycles. The van der Waals surface area contributed by atoms with E-state index in [4.69, 9.17) is 14.2 Å². The monoisotopic (exact) mass is 614 g/mol. The molecule has 45 heavy (non-hydrogen) atoms. The van der Waals surface area contributed by atoms with Crippen molar-refractivity contribution in [2.45, 2.75) is 90.8 Å². The number of fused-ring (bicyclic) bond motifs is 5. The minimum Gasteiger partial charge on any atom is -0.458 e. The average molecular weight is 615 g/mol. The van der Waals surface area contributed by atoms with Gasteiger partial charge in [-0.1, -0.05) is 57.2 Å². The zero-order valence-corrected chi connectivity index (χ0v) is 27.4. The first-order valence-electron chi connectivity index (χ1n) is 17.2. The van der Waals surface area contributed by atoms with E-state index in [1.165, 1.54) is 0 Å². The lowest BCUT2D eigenvalue weighted by atomic mass is 9.43. The number of ether oxygens (including phenoxy) is 3. The third-order valence-electron chi connectivity index (χ3n) is 12.8. The van der Waals surface area contributed by atoms with Crippen molar-refractivity contribution < 1.29 is 28.6 Å². The number of benzene rings is 2. The minimum atomic E-state index is -0.285. The van der Waals surface area contributed by atoms with Crippen molar-refractivity contribution in [3.8, 4) is 0 Å². The number of carbonyl (C=O) groups is 3. The van der Waals surface area contributed by atoms with Gasteiger partial charge >= 0.3 is 11.9 Å². The van der Waals surface area contributed by atoms with Crippen molar-refractivity contribution in [3.05, 3.63) is 71.8 Å². The van der Waals surface area contributed by atoms with Crippen LogP contribution < -0.4 is 0 Å². The van der Waals surface area contributed by atoms with Crippen LogP contribution in [0.3, 0.4) is 0 Å². The van der Waals surface area contributed by atoms with E-state index in [1.54, 1.807) is 7.11 Å². The Morgan fingerprint density at radius 2 is 1.53 bits per heavy atom. The Hall–Kier alpha value is -2.99. The van der Waals surface area contributed by atoms with Crippen molar-refractivity contribution in [2.75, 3.05) is 13.7 Å². The van der Waals surface area contributed by atoms with Gasteiger partial charge in [0.05, 0.1) is 11.1 Å². The van der Waals surface area contributed by atoms with Crippen LogP contribution in [0.15, 0.2) is 60.7 Å². The summed E-state index contributed by atoms with van der Waals surface area (Å²) in [6.07, 6.45) is 7.05. The van der Waals surface area contributed by atoms with Crippen LogP contribution in [-0.2, 0) is 19.0 Å². The summed E-state index contributed by atoms with van der Waals surface area (Å²) in [6.45, 7) is 7.84. The zero-order chi connectivity index (χ0) is 31.8. The summed E-state index contributed by atoms with van der Waals surface area (Å²) < 4.78 is 18.6. The van der Waals surface area contributed by atoms with Crippen LogP contribution >= 0.6 is 0 Å². The zero-order valence-electron chi connectivity index (χ0n) is 27.4. The van der Waals surface area contributed by atoms with E-state index >= 15 is 0 Å². The minimum absolute atomic E-state index is 0.0743. The number of hydrogen-bond donors (Lipinski definition) is 0. The lowest BCUT2D eigenvalue weighted by molar-refractivity contribution is -0.201. The number of hydrogen-bond acceptors (Lipinski definition) is 6. The fourth-order valence-corrected chi connectivity index (χ4v) is 10.5. The third-order valence-corrected chi connectivity index (χ3v) is 12.8. The number of ketones is 1. The summed E-state index contributed by atoms with van der Waals surface area (Å²) in [4.78, 5) is 40.1. The molecule has 6 rings (SSSR count). The molecule has 4 fully saturated rings. The van der Waals surface area contributed by atoms with Gasteiger partial charge < -0.3 is 14.2 Å². The summed E-state index contributed by atoms with van der Waals surface area (Å²) in [5.41, 5.74) is 0.803.